The van der Waals surface area contributed by atoms with E-state index in [1.165, 1.54) is 27.8 Å². The lowest BCUT2D eigenvalue weighted by Crippen LogP contribution is -2.18. The van der Waals surface area contributed by atoms with Gasteiger partial charge in [-0.1, -0.05) is 109 Å². The molecule has 4 aliphatic rings. The molecule has 0 saturated carbocycles. The molecule has 0 saturated heterocycles. The van der Waals surface area contributed by atoms with E-state index in [1.807, 2.05) is 24.3 Å². The van der Waals surface area contributed by atoms with Gasteiger partial charge in [-0.3, -0.25) is 0 Å². The predicted octanol–water partition coefficient (Wildman–Crippen LogP) is 9.65. The van der Waals surface area contributed by atoms with Crippen LogP contribution in [0.4, 0.5) is 0 Å². The molecule has 0 spiro atoms. The fraction of sp³-hybridized carbons (Fsp3) is 0.150. The van der Waals surface area contributed by atoms with Crippen molar-refractivity contribution in [3.05, 3.63) is 150 Å². The Balaban J connectivity index is 1.20. The maximum atomic E-state index is 6.50. The van der Waals surface area contributed by atoms with E-state index < -0.39 is 0 Å². The average molecular weight is 555 g/mol. The molecule has 1 aliphatic heterocycles. The van der Waals surface area contributed by atoms with Crippen molar-refractivity contribution in [1.29, 1.82) is 0 Å². The summed E-state index contributed by atoms with van der Waals surface area (Å²) < 4.78 is 6.50. The second kappa shape index (κ2) is 9.78. The van der Waals surface area contributed by atoms with Crippen LogP contribution in [0, 0.1) is 0 Å². The first-order chi connectivity index (χ1) is 21.3. The standard InChI is InChI=1S/C40H30N2O/c1-3-11-25(12-4-1)36-24-37(42-40(41-36)26-13-5-2-6-14-26)27-19-20-30-32(21-27)28-15-7-8-16-29(28)33-22-35-31-17-9-10-18-38(31)43-39(35)23-34(30)33/h1-8,10-16,18-24,28-29,31,38H,9,17H2. The van der Waals surface area contributed by atoms with Crippen molar-refractivity contribution in [3.63, 3.8) is 0 Å². The molecule has 3 nitrogen and oxygen atoms in total. The van der Waals surface area contributed by atoms with Crippen LogP contribution in [0.15, 0.2) is 134 Å². The summed E-state index contributed by atoms with van der Waals surface area (Å²) in [6.07, 6.45) is 16.1. The van der Waals surface area contributed by atoms with Crippen LogP contribution in [-0.2, 0) is 0 Å². The van der Waals surface area contributed by atoms with Gasteiger partial charge >= 0.3 is 0 Å². The van der Waals surface area contributed by atoms with Crippen LogP contribution in [0.3, 0.4) is 0 Å². The molecule has 0 amide bonds. The molecule has 0 N–H and O–H groups in total. The van der Waals surface area contributed by atoms with Crippen molar-refractivity contribution in [2.45, 2.75) is 36.7 Å². The number of hydrogen-bond donors (Lipinski definition) is 0. The van der Waals surface area contributed by atoms with E-state index in [0.717, 1.165) is 52.5 Å². The monoisotopic (exact) mass is 554 g/mol. The van der Waals surface area contributed by atoms with Gasteiger partial charge in [-0.2, -0.15) is 0 Å². The van der Waals surface area contributed by atoms with Gasteiger partial charge in [-0.25, -0.2) is 9.97 Å². The highest BCUT2D eigenvalue weighted by atomic mass is 16.5. The first kappa shape index (κ1) is 24.6. The van der Waals surface area contributed by atoms with Crippen LogP contribution >= 0.6 is 0 Å². The maximum absolute atomic E-state index is 6.50. The third kappa shape index (κ3) is 4.03. The van der Waals surface area contributed by atoms with Gasteiger partial charge in [-0.15, -0.1) is 0 Å². The van der Waals surface area contributed by atoms with E-state index in [-0.39, 0.29) is 12.0 Å². The molecule has 206 valence electrons. The van der Waals surface area contributed by atoms with Crippen LogP contribution in [0.25, 0.3) is 45.0 Å². The summed E-state index contributed by atoms with van der Waals surface area (Å²) in [5.41, 5.74) is 11.8. The average Bonchev–Trinajstić information content (AvgIpc) is 3.45. The first-order valence-corrected chi connectivity index (χ1v) is 15.3. The third-order valence-electron chi connectivity index (χ3n) is 9.53. The first-order valence-electron chi connectivity index (χ1n) is 15.3. The molecule has 0 fully saturated rings. The van der Waals surface area contributed by atoms with Crippen molar-refractivity contribution in [2.75, 3.05) is 0 Å². The van der Waals surface area contributed by atoms with Gasteiger partial charge < -0.3 is 4.74 Å². The molecule has 43 heavy (non-hydrogen) atoms. The Morgan fingerprint density at radius 2 is 1.28 bits per heavy atom. The second-order valence-electron chi connectivity index (χ2n) is 12.0. The number of ether oxygens (including phenoxy) is 1. The largest absolute Gasteiger partial charge is 0.485 e. The summed E-state index contributed by atoms with van der Waals surface area (Å²) in [7, 11) is 0. The van der Waals surface area contributed by atoms with Crippen molar-refractivity contribution in [3.8, 4) is 50.8 Å². The van der Waals surface area contributed by atoms with Gasteiger partial charge in [0, 0.05) is 40.0 Å². The highest BCUT2D eigenvalue weighted by molar-refractivity contribution is 5.82. The van der Waals surface area contributed by atoms with Crippen LogP contribution in [0.2, 0.25) is 0 Å². The van der Waals surface area contributed by atoms with Crippen LogP contribution in [-0.4, -0.2) is 16.1 Å². The fourth-order valence-electron chi connectivity index (χ4n) is 7.43. The lowest BCUT2D eigenvalue weighted by atomic mass is 9.68. The number of rotatable bonds is 3. The number of allylic oxidation sites excluding steroid dienone is 5. The minimum Gasteiger partial charge on any atom is -0.485 e. The zero-order chi connectivity index (χ0) is 28.3. The van der Waals surface area contributed by atoms with Crippen LogP contribution in [0.1, 0.15) is 47.3 Å². The number of fused-ring (bicyclic) bond motifs is 9. The summed E-state index contributed by atoms with van der Waals surface area (Å²) in [6.45, 7) is 0. The molecule has 4 atom stereocenters. The summed E-state index contributed by atoms with van der Waals surface area (Å²) in [5.74, 6) is 2.84. The fourth-order valence-corrected chi connectivity index (χ4v) is 7.43. The van der Waals surface area contributed by atoms with Crippen molar-refractivity contribution >= 4 is 0 Å². The normalized spacial score (nSPS) is 22.1. The Bertz CT molecular complexity index is 1910. The summed E-state index contributed by atoms with van der Waals surface area (Å²) >= 11 is 0. The molecule has 2 heterocycles. The molecular formula is C40H30N2O. The zero-order valence-electron chi connectivity index (χ0n) is 23.7. The van der Waals surface area contributed by atoms with Gasteiger partial charge in [0.25, 0.3) is 0 Å². The van der Waals surface area contributed by atoms with Gasteiger partial charge in [0.2, 0.25) is 0 Å². The predicted molar refractivity (Wildman–Crippen MR) is 173 cm³/mol. The molecule has 4 aromatic carbocycles. The van der Waals surface area contributed by atoms with Crippen molar-refractivity contribution < 1.29 is 4.74 Å². The maximum Gasteiger partial charge on any atom is 0.160 e. The number of hydrogen-bond acceptors (Lipinski definition) is 3. The number of aromatic nitrogens is 2. The molecule has 3 heteroatoms. The summed E-state index contributed by atoms with van der Waals surface area (Å²) in [5, 5.41) is 0. The van der Waals surface area contributed by atoms with E-state index in [4.69, 9.17) is 14.7 Å². The van der Waals surface area contributed by atoms with E-state index in [2.05, 4.69) is 109 Å². The molecule has 1 aromatic heterocycles. The van der Waals surface area contributed by atoms with Gasteiger partial charge in [-0.05, 0) is 59.4 Å². The third-order valence-corrected chi connectivity index (χ3v) is 9.53. The molecule has 9 rings (SSSR count). The number of benzene rings is 4. The van der Waals surface area contributed by atoms with Crippen molar-refractivity contribution in [2.24, 2.45) is 0 Å². The minimum atomic E-state index is 0.169. The molecular weight excluding hydrogens is 524 g/mol. The SMILES string of the molecule is C1=CC2c3cc(-c4cc(-c5ccccc5)nc(-c5ccccc5)n4)ccc3-c3cc4c(cc3C2C=C1)C1CCC=CC1O4. The number of nitrogens with zero attached hydrogens (tertiary/aromatic N) is 2. The molecule has 5 aromatic rings. The lowest BCUT2D eigenvalue weighted by molar-refractivity contribution is 0.244. The zero-order valence-corrected chi connectivity index (χ0v) is 23.7. The van der Waals surface area contributed by atoms with Crippen LogP contribution < -0.4 is 4.74 Å². The summed E-state index contributed by atoms with van der Waals surface area (Å²) in [6, 6.07) is 34.5. The molecule has 0 bridgehead atoms. The van der Waals surface area contributed by atoms with E-state index in [9.17, 15) is 0 Å². The van der Waals surface area contributed by atoms with E-state index in [1.54, 1.807) is 0 Å². The quantitative estimate of drug-likeness (QED) is 0.208. The minimum absolute atomic E-state index is 0.169. The second-order valence-corrected chi connectivity index (χ2v) is 12.0. The highest BCUT2D eigenvalue weighted by Crippen LogP contribution is 2.54. The van der Waals surface area contributed by atoms with E-state index in [0.29, 0.717) is 11.8 Å². The Labute approximate surface area is 251 Å². The topological polar surface area (TPSA) is 35.0 Å². The van der Waals surface area contributed by atoms with Crippen molar-refractivity contribution in [1.82, 2.24) is 9.97 Å². The Morgan fingerprint density at radius 1 is 0.581 bits per heavy atom. The van der Waals surface area contributed by atoms with E-state index >= 15 is 0 Å². The van der Waals surface area contributed by atoms with Crippen LogP contribution in [0.5, 0.6) is 5.75 Å². The highest BCUT2D eigenvalue weighted by Gasteiger charge is 2.38. The Morgan fingerprint density at radius 3 is 2.05 bits per heavy atom. The van der Waals surface area contributed by atoms with Gasteiger partial charge in [0.05, 0.1) is 11.4 Å². The van der Waals surface area contributed by atoms with Gasteiger partial charge in [0.1, 0.15) is 11.9 Å². The summed E-state index contributed by atoms with van der Waals surface area (Å²) in [4.78, 5) is 10.1. The van der Waals surface area contributed by atoms with Gasteiger partial charge in [0.15, 0.2) is 5.82 Å². The smallest absolute Gasteiger partial charge is 0.160 e. The molecule has 3 aliphatic carbocycles. The molecule has 0 radical (unpaired) electrons. The molecule has 4 unspecified atom stereocenters. The lowest BCUT2D eigenvalue weighted by Gasteiger charge is -2.34. The Hall–Kier alpha value is -5.02. The Kier molecular flexibility index (Phi) is 5.59.